The summed E-state index contributed by atoms with van der Waals surface area (Å²) in [6.45, 7) is 0. The molecule has 0 fully saturated rings. The maximum Gasteiger partial charge on any atom is 0.338 e. The number of esters is 2. The Morgan fingerprint density at radius 2 is 1.74 bits per heavy atom. The molecule has 6 nitrogen and oxygen atoms in total. The first kappa shape index (κ1) is 21.1. The first-order chi connectivity index (χ1) is 15.0. The number of hydrogen-bond acceptors (Lipinski definition) is 5. The van der Waals surface area contributed by atoms with E-state index in [2.05, 4.69) is 0 Å². The van der Waals surface area contributed by atoms with Gasteiger partial charge in [-0.3, -0.25) is 4.79 Å². The summed E-state index contributed by atoms with van der Waals surface area (Å²) < 4.78 is 10.0. The molecule has 0 saturated carbocycles. The van der Waals surface area contributed by atoms with E-state index >= 15 is 0 Å². The van der Waals surface area contributed by atoms with Crippen LogP contribution in [0.1, 0.15) is 39.5 Å². The van der Waals surface area contributed by atoms with Crippen LogP contribution in [0.15, 0.2) is 54.1 Å². The number of amides is 1. The van der Waals surface area contributed by atoms with Crippen LogP contribution in [0, 0.1) is 0 Å². The van der Waals surface area contributed by atoms with Crippen molar-refractivity contribution in [3.8, 4) is 0 Å². The average Bonchev–Trinajstić information content (AvgIpc) is 3.19. The summed E-state index contributed by atoms with van der Waals surface area (Å²) in [6, 6.07) is 13.5. The van der Waals surface area contributed by atoms with E-state index in [-0.39, 0.29) is 5.88 Å². The Kier molecular flexibility index (Phi) is 5.83. The molecule has 7 heteroatoms. The number of hydrogen-bond donors (Lipinski definition) is 0. The van der Waals surface area contributed by atoms with Crippen molar-refractivity contribution in [1.82, 2.24) is 4.90 Å². The lowest BCUT2D eigenvalue weighted by Crippen LogP contribution is -2.51. The Labute approximate surface area is 185 Å². The third kappa shape index (κ3) is 3.51. The second-order valence-electron chi connectivity index (χ2n) is 7.50. The number of rotatable bonds is 4. The Balaban J connectivity index is 1.97. The van der Waals surface area contributed by atoms with Crippen molar-refractivity contribution in [2.45, 2.75) is 24.9 Å². The first-order valence-electron chi connectivity index (χ1n) is 9.94. The van der Waals surface area contributed by atoms with Crippen molar-refractivity contribution in [3.05, 3.63) is 76.4 Å². The number of ether oxygens (including phenoxy) is 2. The van der Waals surface area contributed by atoms with Crippen LogP contribution in [0.2, 0.25) is 0 Å². The van der Waals surface area contributed by atoms with Gasteiger partial charge >= 0.3 is 11.9 Å². The van der Waals surface area contributed by atoms with Crippen molar-refractivity contribution in [2.24, 2.45) is 0 Å². The number of carbonyl (C=O) groups excluding carboxylic acids is 3. The molecular weight excluding hydrogens is 418 g/mol. The molecule has 2 aliphatic rings. The summed E-state index contributed by atoms with van der Waals surface area (Å²) in [6.07, 6.45) is 0.949. The summed E-state index contributed by atoms with van der Waals surface area (Å²) >= 11 is 5.96. The predicted molar refractivity (Wildman–Crippen MR) is 116 cm³/mol. The van der Waals surface area contributed by atoms with Crippen molar-refractivity contribution in [1.29, 1.82) is 0 Å². The van der Waals surface area contributed by atoms with Gasteiger partial charge in [-0.05, 0) is 40.3 Å². The highest BCUT2D eigenvalue weighted by Crippen LogP contribution is 2.49. The van der Waals surface area contributed by atoms with Gasteiger partial charge in [0.1, 0.15) is 11.9 Å². The minimum atomic E-state index is -0.850. The molecule has 0 bridgehead atoms. The molecule has 0 spiro atoms. The molecule has 0 N–H and O–H groups in total. The van der Waals surface area contributed by atoms with Crippen molar-refractivity contribution < 1.29 is 23.9 Å². The van der Waals surface area contributed by atoms with Crippen LogP contribution in [-0.2, 0) is 25.5 Å². The number of carbonyl (C=O) groups is 3. The van der Waals surface area contributed by atoms with Gasteiger partial charge in [0.05, 0.1) is 25.8 Å². The molecule has 4 rings (SSSR count). The van der Waals surface area contributed by atoms with E-state index in [9.17, 15) is 14.4 Å². The molecule has 0 radical (unpaired) electrons. The standard InChI is InChI=1S/C24H22ClNO5/c1-30-23(28)17-10-6-5-9-16(17)22-19-11-14-7-3-4-8-15(14)18(19)12-20(24(29)31-2)26(22)21(27)13-25/h3-10,20,22H,11-13H2,1-2H3/t20-,22+/m1/s1. The largest absolute Gasteiger partial charge is 0.467 e. The van der Waals surface area contributed by atoms with E-state index in [4.69, 9.17) is 21.1 Å². The number of benzene rings is 2. The van der Waals surface area contributed by atoms with Crippen LogP contribution >= 0.6 is 11.6 Å². The average molecular weight is 440 g/mol. The van der Waals surface area contributed by atoms with Gasteiger partial charge in [-0.15, -0.1) is 11.6 Å². The summed E-state index contributed by atoms with van der Waals surface area (Å²) in [5.41, 5.74) is 5.12. The summed E-state index contributed by atoms with van der Waals surface area (Å²) in [5.74, 6) is -1.72. The molecule has 2 atom stereocenters. The fourth-order valence-corrected chi connectivity index (χ4v) is 4.82. The van der Waals surface area contributed by atoms with E-state index in [1.165, 1.54) is 19.1 Å². The van der Waals surface area contributed by atoms with Gasteiger partial charge in [-0.2, -0.15) is 0 Å². The van der Waals surface area contributed by atoms with Gasteiger partial charge in [0.2, 0.25) is 5.91 Å². The fourth-order valence-electron chi connectivity index (χ4n) is 4.68. The maximum atomic E-state index is 13.0. The van der Waals surface area contributed by atoms with Gasteiger partial charge in [-0.25, -0.2) is 9.59 Å². The topological polar surface area (TPSA) is 72.9 Å². The predicted octanol–water partition coefficient (Wildman–Crippen LogP) is 3.54. The second-order valence-corrected chi connectivity index (χ2v) is 7.76. The summed E-state index contributed by atoms with van der Waals surface area (Å²) in [7, 11) is 2.62. The van der Waals surface area contributed by atoms with Crippen LogP contribution < -0.4 is 0 Å². The van der Waals surface area contributed by atoms with Crippen molar-refractivity contribution in [2.75, 3.05) is 20.1 Å². The van der Waals surface area contributed by atoms with E-state index < -0.39 is 29.9 Å². The van der Waals surface area contributed by atoms with Gasteiger partial charge < -0.3 is 14.4 Å². The molecule has 1 aliphatic carbocycles. The van der Waals surface area contributed by atoms with Gasteiger partial charge in [0.15, 0.2) is 0 Å². The lowest BCUT2D eigenvalue weighted by molar-refractivity contribution is -0.153. The zero-order valence-electron chi connectivity index (χ0n) is 17.3. The number of alkyl halides is 1. The highest BCUT2D eigenvalue weighted by molar-refractivity contribution is 6.27. The summed E-state index contributed by atoms with van der Waals surface area (Å²) in [4.78, 5) is 39.8. The van der Waals surface area contributed by atoms with E-state index in [1.807, 2.05) is 24.3 Å². The number of fused-ring (bicyclic) bond motifs is 2. The lowest BCUT2D eigenvalue weighted by atomic mass is 9.83. The molecule has 0 aromatic heterocycles. The zero-order valence-corrected chi connectivity index (χ0v) is 18.0. The molecule has 31 heavy (non-hydrogen) atoms. The smallest absolute Gasteiger partial charge is 0.338 e. The van der Waals surface area contributed by atoms with Gasteiger partial charge in [0, 0.05) is 6.42 Å². The number of halogens is 1. The second kappa shape index (κ2) is 8.55. The molecule has 1 amide bonds. The van der Waals surface area contributed by atoms with E-state index in [1.54, 1.807) is 24.3 Å². The van der Waals surface area contributed by atoms with Crippen LogP contribution in [0.3, 0.4) is 0 Å². The monoisotopic (exact) mass is 439 g/mol. The Bertz CT molecular complexity index is 1090. The Morgan fingerprint density at radius 3 is 2.45 bits per heavy atom. The minimum absolute atomic E-state index is 0.292. The van der Waals surface area contributed by atoms with Crippen molar-refractivity contribution in [3.63, 3.8) is 0 Å². The van der Waals surface area contributed by atoms with Crippen LogP contribution in [0.25, 0.3) is 5.57 Å². The molecule has 0 unspecified atom stereocenters. The highest BCUT2D eigenvalue weighted by atomic mass is 35.5. The molecule has 2 aromatic carbocycles. The molecule has 1 heterocycles. The normalized spacial score (nSPS) is 19.5. The third-order valence-corrected chi connectivity index (χ3v) is 6.22. The van der Waals surface area contributed by atoms with Crippen LogP contribution in [0.5, 0.6) is 0 Å². The van der Waals surface area contributed by atoms with E-state index in [0.29, 0.717) is 24.0 Å². The minimum Gasteiger partial charge on any atom is -0.467 e. The Hall–Kier alpha value is -3.12. The molecular formula is C24H22ClNO5. The molecule has 2 aromatic rings. The fraction of sp³-hybridized carbons (Fsp3) is 0.292. The third-order valence-electron chi connectivity index (χ3n) is 5.99. The number of methoxy groups -OCH3 is 2. The quantitative estimate of drug-likeness (QED) is 0.538. The highest BCUT2D eigenvalue weighted by Gasteiger charge is 2.46. The van der Waals surface area contributed by atoms with Crippen LogP contribution in [-0.4, -0.2) is 48.9 Å². The zero-order chi connectivity index (χ0) is 22.1. The number of nitrogens with zero attached hydrogens (tertiary/aromatic N) is 1. The summed E-state index contributed by atoms with van der Waals surface area (Å²) in [5, 5.41) is 0. The first-order valence-corrected chi connectivity index (χ1v) is 10.5. The van der Waals surface area contributed by atoms with Gasteiger partial charge in [0.25, 0.3) is 0 Å². The van der Waals surface area contributed by atoms with Crippen LogP contribution in [0.4, 0.5) is 0 Å². The SMILES string of the molecule is COC(=O)c1ccccc1[C@H]1C2=C(C[C@H](C(=O)OC)N1C(=O)CCl)c1ccccc1C2. The van der Waals surface area contributed by atoms with E-state index in [0.717, 1.165) is 22.3 Å². The molecule has 0 saturated heterocycles. The lowest BCUT2D eigenvalue weighted by Gasteiger charge is -2.42. The molecule has 1 aliphatic heterocycles. The molecule has 160 valence electrons. The maximum absolute atomic E-state index is 13.0. The Morgan fingerprint density at radius 1 is 1.03 bits per heavy atom. The van der Waals surface area contributed by atoms with Gasteiger partial charge in [-0.1, -0.05) is 42.5 Å². The van der Waals surface area contributed by atoms with Crippen molar-refractivity contribution >= 4 is 35.0 Å².